The Bertz CT molecular complexity index is 79.3. The maximum absolute atomic E-state index is 7.40. The Morgan fingerprint density at radius 3 is 1.25 bits per heavy atom. The maximum atomic E-state index is 7.40. The maximum Gasteiger partial charge on any atom is 0.394 e. The first-order chi connectivity index (χ1) is 3.55. The molecule has 0 atom stereocenters. The van der Waals surface area contributed by atoms with E-state index in [2.05, 4.69) is 0 Å². The first kappa shape index (κ1) is 8.02. The van der Waals surface area contributed by atoms with E-state index in [9.17, 15) is 0 Å². The van der Waals surface area contributed by atoms with Crippen LogP contribution in [-0.4, -0.2) is 37.5 Å². The minimum Gasteiger partial charge on any atom is -0.102 e. The van der Waals surface area contributed by atoms with Gasteiger partial charge in [0.05, 0.1) is 0 Å². The summed E-state index contributed by atoms with van der Waals surface area (Å²) in [6, 6.07) is 0. The molecular weight excluding hydrogens is 121 g/mol. The zero-order valence-electron chi connectivity index (χ0n) is 5.84. The average Bonchev–Trinajstić information content (AvgIpc) is 1.64. The molecule has 0 radical (unpaired) electrons. The summed E-state index contributed by atoms with van der Waals surface area (Å²) < 4.78 is 3.80. The normalized spacial score (nSPS) is 10.8. The minimum absolute atomic E-state index is 0.782. The molecule has 48 valence electrons. The van der Waals surface area contributed by atoms with Gasteiger partial charge in [-0.3, -0.25) is 0 Å². The Balaban J connectivity index is 3.65. The molecule has 0 aliphatic heterocycles. The highest BCUT2D eigenvalue weighted by Gasteiger charge is 2.15. The van der Waals surface area contributed by atoms with Crippen LogP contribution in [-0.2, 0) is 0 Å². The summed E-state index contributed by atoms with van der Waals surface area (Å²) in [6.07, 6.45) is 0. The van der Waals surface area contributed by atoms with Crippen LogP contribution in [0, 0.1) is 5.16 Å². The summed E-state index contributed by atoms with van der Waals surface area (Å²) in [5.74, 6) is 0. The second-order valence-corrected chi connectivity index (χ2v) is 4.16. The Labute approximate surface area is 51.7 Å². The van der Waals surface area contributed by atoms with Gasteiger partial charge in [-0.2, -0.15) is 0 Å². The largest absolute Gasteiger partial charge is 0.394 e. The predicted molar refractivity (Wildman–Crippen MR) is 37.0 cm³/mol. The predicted octanol–water partition coefficient (Wildman–Crippen LogP) is 1.18. The number of hydrogen-bond donors (Lipinski definition) is 1. The lowest BCUT2D eigenvalue weighted by molar-refractivity contribution is 0.581. The van der Waals surface area contributed by atoms with E-state index in [1.807, 2.05) is 37.5 Å². The van der Waals surface area contributed by atoms with Crippen LogP contribution in [0.1, 0.15) is 0 Å². The van der Waals surface area contributed by atoms with Crippen LogP contribution >= 0.6 is 8.01 Å². The molecule has 0 aliphatic carbocycles. The lowest BCUT2D eigenvalue weighted by Crippen LogP contribution is -2.10. The average molecular weight is 134 g/mol. The molecule has 0 aromatic carbocycles. The van der Waals surface area contributed by atoms with E-state index in [1.54, 1.807) is 0 Å². The second-order valence-electron chi connectivity index (χ2n) is 1.98. The fourth-order valence-corrected chi connectivity index (χ4v) is 1.07. The molecule has 0 unspecified atom stereocenters. The van der Waals surface area contributed by atoms with Gasteiger partial charge in [-0.25, -0.2) is 0 Å². The molecule has 1 N–H and O–H groups in total. The van der Waals surface area contributed by atoms with E-state index in [4.69, 9.17) is 5.16 Å². The lowest BCUT2D eigenvalue weighted by Gasteiger charge is -2.01. The van der Waals surface area contributed by atoms with Crippen molar-refractivity contribution < 1.29 is 0 Å². The topological polar surface area (TPSA) is 30.3 Å². The Morgan fingerprint density at radius 1 is 1.00 bits per heavy atom. The zero-order valence-corrected chi connectivity index (χ0v) is 6.74. The van der Waals surface area contributed by atoms with Gasteiger partial charge < -0.3 is 0 Å². The molecule has 0 rings (SSSR count). The summed E-state index contributed by atoms with van der Waals surface area (Å²) in [5.41, 5.74) is 0. The molecule has 0 aromatic heterocycles. The summed E-state index contributed by atoms with van der Waals surface area (Å²) >= 11 is 0. The molecule has 8 heavy (non-hydrogen) atoms. The van der Waals surface area contributed by atoms with Crippen molar-refractivity contribution in [1.82, 2.24) is 9.34 Å². The van der Waals surface area contributed by atoms with Crippen LogP contribution < -0.4 is 0 Å². The highest BCUT2D eigenvalue weighted by atomic mass is 31.1. The van der Waals surface area contributed by atoms with Crippen molar-refractivity contribution in [3.05, 3.63) is 0 Å². The van der Waals surface area contributed by atoms with Crippen LogP contribution in [0.3, 0.4) is 0 Å². The van der Waals surface area contributed by atoms with Gasteiger partial charge in [0.25, 0.3) is 0 Å². The van der Waals surface area contributed by atoms with Crippen molar-refractivity contribution in [1.29, 1.82) is 5.16 Å². The highest BCUT2D eigenvalue weighted by Crippen LogP contribution is 2.24. The molecule has 0 aromatic rings. The third-order valence-corrected chi connectivity index (χ3v) is 2.27. The number of nitrogens with one attached hydrogen (secondary N) is 1. The van der Waals surface area contributed by atoms with E-state index >= 15 is 0 Å². The van der Waals surface area contributed by atoms with Crippen molar-refractivity contribution in [2.24, 2.45) is 0 Å². The molecule has 0 aliphatic rings. The number of nitrogens with zero attached hydrogens (tertiary/aromatic N) is 2. The number of rotatable bonds is 2. The van der Waals surface area contributed by atoms with Crippen molar-refractivity contribution in [3.8, 4) is 0 Å². The third-order valence-electron chi connectivity index (χ3n) is 0.758. The van der Waals surface area contributed by atoms with Crippen molar-refractivity contribution in [3.63, 3.8) is 0 Å². The molecule has 0 bridgehead atoms. The summed E-state index contributed by atoms with van der Waals surface area (Å²) in [4.78, 5) is 0. The quantitative estimate of drug-likeness (QED) is 0.575. The Hall–Kier alpha value is 0.0200. The van der Waals surface area contributed by atoms with Gasteiger partial charge >= 0.3 is 8.01 Å². The first-order valence-corrected chi connectivity index (χ1v) is 3.66. The monoisotopic (exact) mass is 134 g/mol. The molecule has 0 saturated carbocycles. The van der Waals surface area contributed by atoms with Crippen molar-refractivity contribution >= 4 is 8.01 Å². The fraction of sp³-hybridized carbons (Fsp3) is 1.00. The Kier molecular flexibility index (Phi) is 3.13. The van der Waals surface area contributed by atoms with Gasteiger partial charge in [0.1, 0.15) is 0 Å². The molecule has 0 fully saturated rings. The van der Waals surface area contributed by atoms with E-state index in [1.165, 1.54) is 0 Å². The van der Waals surface area contributed by atoms with Crippen LogP contribution in [0.5, 0.6) is 0 Å². The van der Waals surface area contributed by atoms with Crippen LogP contribution in [0.4, 0.5) is 0 Å². The van der Waals surface area contributed by atoms with Crippen LogP contribution in [0.25, 0.3) is 0 Å². The van der Waals surface area contributed by atoms with E-state index < -0.39 is 8.01 Å². The summed E-state index contributed by atoms with van der Waals surface area (Å²) in [5, 5.41) is 7.40. The SMILES string of the molecule is CN(C)[P+](=N)N(C)C. The van der Waals surface area contributed by atoms with Crippen molar-refractivity contribution in [2.75, 3.05) is 28.2 Å². The first-order valence-electron chi connectivity index (χ1n) is 2.41. The van der Waals surface area contributed by atoms with E-state index in [-0.39, 0.29) is 0 Å². The highest BCUT2D eigenvalue weighted by molar-refractivity contribution is 7.40. The molecular formula is C4H13N3P+. The van der Waals surface area contributed by atoms with E-state index in [0.717, 1.165) is 0 Å². The molecule has 3 nitrogen and oxygen atoms in total. The van der Waals surface area contributed by atoms with Gasteiger partial charge in [0.15, 0.2) is 0 Å². The fourth-order valence-electron chi connectivity index (χ4n) is 0.358. The van der Waals surface area contributed by atoms with E-state index in [0.29, 0.717) is 0 Å². The van der Waals surface area contributed by atoms with Crippen LogP contribution in [0.2, 0.25) is 0 Å². The number of hydrogen-bond acceptors (Lipinski definition) is 1. The molecule has 4 heteroatoms. The van der Waals surface area contributed by atoms with Gasteiger partial charge in [-0.05, 0) is 0 Å². The lowest BCUT2D eigenvalue weighted by atomic mass is 11.3. The third kappa shape index (κ3) is 2.36. The van der Waals surface area contributed by atoms with Gasteiger partial charge in [0.2, 0.25) is 0 Å². The molecule has 0 heterocycles. The molecule has 0 saturated heterocycles. The Morgan fingerprint density at radius 2 is 1.25 bits per heavy atom. The van der Waals surface area contributed by atoms with Crippen molar-refractivity contribution in [2.45, 2.75) is 0 Å². The molecule has 0 amide bonds. The second kappa shape index (κ2) is 3.13. The van der Waals surface area contributed by atoms with Crippen LogP contribution in [0.15, 0.2) is 0 Å². The summed E-state index contributed by atoms with van der Waals surface area (Å²) in [6.45, 7) is 0. The smallest absolute Gasteiger partial charge is 0.102 e. The zero-order chi connectivity index (χ0) is 6.73. The molecule has 0 spiro atoms. The summed E-state index contributed by atoms with van der Waals surface area (Å²) in [7, 11) is 6.88. The van der Waals surface area contributed by atoms with Gasteiger partial charge in [0, 0.05) is 28.2 Å². The van der Waals surface area contributed by atoms with Gasteiger partial charge in [-0.1, -0.05) is 5.16 Å². The standard InChI is InChI=1S/C4H13N3P/c1-6(2)8(5)7(3)4/h5H,1-4H3/q+1. The van der Waals surface area contributed by atoms with Gasteiger partial charge in [-0.15, -0.1) is 9.34 Å². The minimum atomic E-state index is -0.782.